The molecule has 0 aliphatic carbocycles. The maximum atomic E-state index is 9.52. The van der Waals surface area contributed by atoms with E-state index in [1.165, 1.54) is 9.75 Å². The highest BCUT2D eigenvalue weighted by Gasteiger charge is 2.03. The van der Waals surface area contributed by atoms with Gasteiger partial charge in [0.15, 0.2) is 0 Å². The summed E-state index contributed by atoms with van der Waals surface area (Å²) in [7, 11) is 0. The van der Waals surface area contributed by atoms with Crippen LogP contribution < -0.4 is 0 Å². The second-order valence-corrected chi connectivity index (χ2v) is 4.87. The quantitative estimate of drug-likeness (QED) is 0.770. The molecule has 1 atom stereocenters. The number of rotatable bonds is 5. The lowest BCUT2D eigenvalue weighted by Gasteiger charge is -2.06. The fourth-order valence-corrected chi connectivity index (χ4v) is 2.31. The van der Waals surface area contributed by atoms with E-state index in [-0.39, 0.29) is 6.10 Å². The Kier molecular flexibility index (Phi) is 4.46. The lowest BCUT2D eigenvalue weighted by Crippen LogP contribution is -2.06. The number of hydrogen-bond acceptors (Lipinski definition) is 2. The van der Waals surface area contributed by atoms with E-state index in [0.29, 0.717) is 0 Å². The van der Waals surface area contributed by atoms with Crippen LogP contribution in [0.15, 0.2) is 12.1 Å². The van der Waals surface area contributed by atoms with Crippen LogP contribution in [-0.2, 0) is 6.42 Å². The Morgan fingerprint density at radius 3 is 2.69 bits per heavy atom. The Morgan fingerprint density at radius 2 is 2.15 bits per heavy atom. The Morgan fingerprint density at radius 1 is 1.38 bits per heavy atom. The molecule has 1 nitrogen and oxygen atoms in total. The molecule has 0 fully saturated rings. The number of thiophene rings is 1. The number of aryl methyl sites for hydroxylation is 2. The Bertz CT molecular complexity index is 242. The molecule has 74 valence electrons. The van der Waals surface area contributed by atoms with Gasteiger partial charge in [0.1, 0.15) is 0 Å². The molecule has 1 heterocycles. The van der Waals surface area contributed by atoms with Crippen LogP contribution >= 0.6 is 11.3 Å². The molecular weight excluding hydrogens is 180 g/mol. The van der Waals surface area contributed by atoms with Crippen molar-refractivity contribution >= 4 is 11.3 Å². The zero-order valence-electron chi connectivity index (χ0n) is 8.42. The fourth-order valence-electron chi connectivity index (χ4n) is 1.41. The largest absolute Gasteiger partial charge is 0.393 e. The van der Waals surface area contributed by atoms with Crippen molar-refractivity contribution in [3.63, 3.8) is 0 Å². The summed E-state index contributed by atoms with van der Waals surface area (Å²) in [5, 5.41) is 9.52. The molecule has 1 aromatic heterocycles. The summed E-state index contributed by atoms with van der Waals surface area (Å²) in [5.74, 6) is 0. The van der Waals surface area contributed by atoms with E-state index < -0.39 is 0 Å². The van der Waals surface area contributed by atoms with Gasteiger partial charge in [-0.15, -0.1) is 11.3 Å². The number of aliphatic hydroxyl groups excluding tert-OH is 1. The van der Waals surface area contributed by atoms with Gasteiger partial charge < -0.3 is 5.11 Å². The lowest BCUT2D eigenvalue weighted by atomic mass is 10.1. The van der Waals surface area contributed by atoms with E-state index in [9.17, 15) is 5.11 Å². The van der Waals surface area contributed by atoms with Crippen molar-refractivity contribution in [1.29, 1.82) is 0 Å². The first-order chi connectivity index (χ1) is 6.22. The van der Waals surface area contributed by atoms with Crippen molar-refractivity contribution in [3.05, 3.63) is 21.9 Å². The second-order valence-electron chi connectivity index (χ2n) is 3.49. The fraction of sp³-hybridized carbons (Fsp3) is 0.636. The minimum absolute atomic E-state index is 0.104. The molecule has 0 amide bonds. The molecule has 1 N–H and O–H groups in total. The molecule has 13 heavy (non-hydrogen) atoms. The van der Waals surface area contributed by atoms with Crippen molar-refractivity contribution in [2.45, 2.75) is 45.6 Å². The lowest BCUT2D eigenvalue weighted by molar-refractivity contribution is 0.154. The number of aliphatic hydroxyl groups is 1. The molecule has 0 aromatic carbocycles. The van der Waals surface area contributed by atoms with Crippen LogP contribution in [0.3, 0.4) is 0 Å². The molecule has 0 spiro atoms. The van der Waals surface area contributed by atoms with Crippen molar-refractivity contribution < 1.29 is 5.11 Å². The summed E-state index contributed by atoms with van der Waals surface area (Å²) in [6.45, 7) is 4.23. The third kappa shape index (κ3) is 3.92. The summed E-state index contributed by atoms with van der Waals surface area (Å²) in [5.41, 5.74) is 0. The van der Waals surface area contributed by atoms with Gasteiger partial charge in [0, 0.05) is 9.75 Å². The van der Waals surface area contributed by atoms with Gasteiger partial charge in [0.05, 0.1) is 6.10 Å². The maximum Gasteiger partial charge on any atom is 0.0543 e. The smallest absolute Gasteiger partial charge is 0.0543 e. The van der Waals surface area contributed by atoms with Gasteiger partial charge in [-0.05, 0) is 38.3 Å². The minimum Gasteiger partial charge on any atom is -0.393 e. The molecule has 1 rings (SSSR count). The third-order valence-corrected chi connectivity index (χ3v) is 3.20. The predicted octanol–water partition coefficient (Wildman–Crippen LogP) is 3.15. The van der Waals surface area contributed by atoms with Crippen molar-refractivity contribution in [3.8, 4) is 0 Å². The minimum atomic E-state index is -0.104. The van der Waals surface area contributed by atoms with Gasteiger partial charge in [-0.25, -0.2) is 0 Å². The number of hydrogen-bond donors (Lipinski definition) is 1. The Labute approximate surface area is 84.4 Å². The van der Waals surface area contributed by atoms with Gasteiger partial charge in [-0.2, -0.15) is 0 Å². The highest BCUT2D eigenvalue weighted by Crippen LogP contribution is 2.18. The van der Waals surface area contributed by atoms with Gasteiger partial charge >= 0.3 is 0 Å². The average Bonchev–Trinajstić information content (AvgIpc) is 2.49. The van der Waals surface area contributed by atoms with Crippen LogP contribution in [-0.4, -0.2) is 11.2 Å². The summed E-state index contributed by atoms with van der Waals surface area (Å²) in [6.07, 6.45) is 3.84. The monoisotopic (exact) mass is 198 g/mol. The molecule has 1 unspecified atom stereocenters. The van der Waals surface area contributed by atoms with E-state index in [0.717, 1.165) is 25.7 Å². The van der Waals surface area contributed by atoms with Crippen molar-refractivity contribution in [2.75, 3.05) is 0 Å². The van der Waals surface area contributed by atoms with Crippen LogP contribution in [0.25, 0.3) is 0 Å². The van der Waals surface area contributed by atoms with Gasteiger partial charge in [-0.3, -0.25) is 0 Å². The normalized spacial score (nSPS) is 13.2. The van der Waals surface area contributed by atoms with E-state index in [4.69, 9.17) is 0 Å². The standard InChI is InChI=1S/C11H18OS/c1-3-4-10(12)6-8-11-7-5-9(2)13-11/h5,7,10,12H,3-4,6,8H2,1-2H3. The highest BCUT2D eigenvalue weighted by molar-refractivity contribution is 7.11. The van der Waals surface area contributed by atoms with Gasteiger partial charge in [0.2, 0.25) is 0 Å². The first-order valence-corrected chi connectivity index (χ1v) is 5.77. The molecule has 0 aliphatic rings. The van der Waals surface area contributed by atoms with Crippen LogP contribution in [0.5, 0.6) is 0 Å². The van der Waals surface area contributed by atoms with Crippen molar-refractivity contribution in [2.24, 2.45) is 0 Å². The van der Waals surface area contributed by atoms with E-state index in [1.807, 2.05) is 11.3 Å². The molecule has 0 saturated carbocycles. The third-order valence-electron chi connectivity index (χ3n) is 2.14. The summed E-state index contributed by atoms with van der Waals surface area (Å²) in [4.78, 5) is 2.76. The van der Waals surface area contributed by atoms with E-state index in [1.54, 1.807) is 0 Å². The summed E-state index contributed by atoms with van der Waals surface area (Å²) >= 11 is 1.84. The zero-order valence-corrected chi connectivity index (χ0v) is 9.23. The van der Waals surface area contributed by atoms with Gasteiger partial charge in [0.25, 0.3) is 0 Å². The first kappa shape index (κ1) is 10.7. The van der Waals surface area contributed by atoms with Crippen LogP contribution in [0.4, 0.5) is 0 Å². The Hall–Kier alpha value is -0.340. The highest BCUT2D eigenvalue weighted by atomic mass is 32.1. The van der Waals surface area contributed by atoms with Crippen LogP contribution in [0.2, 0.25) is 0 Å². The molecular formula is C11H18OS. The van der Waals surface area contributed by atoms with E-state index >= 15 is 0 Å². The van der Waals surface area contributed by atoms with Gasteiger partial charge in [-0.1, -0.05) is 13.3 Å². The van der Waals surface area contributed by atoms with Crippen LogP contribution in [0.1, 0.15) is 35.9 Å². The first-order valence-electron chi connectivity index (χ1n) is 4.95. The average molecular weight is 198 g/mol. The second kappa shape index (κ2) is 5.40. The molecule has 0 radical (unpaired) electrons. The molecule has 0 bridgehead atoms. The topological polar surface area (TPSA) is 20.2 Å². The van der Waals surface area contributed by atoms with Crippen molar-refractivity contribution in [1.82, 2.24) is 0 Å². The SMILES string of the molecule is CCCC(O)CCc1ccc(C)s1. The van der Waals surface area contributed by atoms with E-state index in [2.05, 4.69) is 26.0 Å². The molecule has 1 aromatic rings. The summed E-state index contributed by atoms with van der Waals surface area (Å²) in [6, 6.07) is 4.31. The molecule has 0 aliphatic heterocycles. The Balaban J connectivity index is 2.26. The maximum absolute atomic E-state index is 9.52. The molecule has 2 heteroatoms. The van der Waals surface area contributed by atoms with Crippen LogP contribution in [0, 0.1) is 6.92 Å². The zero-order chi connectivity index (χ0) is 9.68. The molecule has 0 saturated heterocycles. The summed E-state index contributed by atoms with van der Waals surface area (Å²) < 4.78 is 0. The predicted molar refractivity (Wildman–Crippen MR) is 58.3 cm³/mol.